The SMILES string of the molecule is COc1ccc(OC)c(NC(N)=NCC2(c3ccccc3F)CC2)c1. The van der Waals surface area contributed by atoms with Crippen LogP contribution in [0.15, 0.2) is 47.5 Å². The van der Waals surface area contributed by atoms with Crippen LogP contribution in [0.1, 0.15) is 18.4 Å². The lowest BCUT2D eigenvalue weighted by atomic mass is 9.95. The molecule has 6 heteroatoms. The fraction of sp³-hybridized carbons (Fsp3) is 0.316. The van der Waals surface area contributed by atoms with Crippen molar-refractivity contribution in [3.05, 3.63) is 53.8 Å². The maximum Gasteiger partial charge on any atom is 0.193 e. The molecule has 2 aromatic rings. The fourth-order valence-electron chi connectivity index (χ4n) is 2.88. The minimum Gasteiger partial charge on any atom is -0.497 e. The van der Waals surface area contributed by atoms with Gasteiger partial charge in [0.05, 0.1) is 26.5 Å². The summed E-state index contributed by atoms with van der Waals surface area (Å²) in [7, 11) is 3.17. The van der Waals surface area contributed by atoms with Gasteiger partial charge < -0.3 is 20.5 Å². The lowest BCUT2D eigenvalue weighted by Gasteiger charge is -2.15. The molecule has 1 fully saturated rings. The van der Waals surface area contributed by atoms with E-state index in [2.05, 4.69) is 10.3 Å². The Morgan fingerprint density at radius 1 is 1.20 bits per heavy atom. The van der Waals surface area contributed by atoms with Crippen LogP contribution in [0.3, 0.4) is 0 Å². The van der Waals surface area contributed by atoms with Crippen LogP contribution < -0.4 is 20.5 Å². The predicted octanol–water partition coefficient (Wildman–Crippen LogP) is 3.30. The summed E-state index contributed by atoms with van der Waals surface area (Å²) in [5.74, 6) is 1.39. The van der Waals surface area contributed by atoms with Gasteiger partial charge in [-0.25, -0.2) is 4.39 Å². The van der Waals surface area contributed by atoms with Crippen molar-refractivity contribution in [3.63, 3.8) is 0 Å². The van der Waals surface area contributed by atoms with E-state index in [1.165, 1.54) is 6.07 Å². The number of benzene rings is 2. The monoisotopic (exact) mass is 343 g/mol. The number of hydrogen-bond donors (Lipinski definition) is 2. The van der Waals surface area contributed by atoms with Crippen molar-refractivity contribution in [1.29, 1.82) is 0 Å². The lowest BCUT2D eigenvalue weighted by molar-refractivity contribution is 0.405. The highest BCUT2D eigenvalue weighted by molar-refractivity contribution is 5.94. The molecule has 3 rings (SSSR count). The molecule has 1 aliphatic rings. The van der Waals surface area contributed by atoms with E-state index in [9.17, 15) is 4.39 Å². The van der Waals surface area contributed by atoms with Gasteiger partial charge in [0.25, 0.3) is 0 Å². The third-order valence-corrected chi connectivity index (χ3v) is 4.52. The first kappa shape index (κ1) is 17.1. The summed E-state index contributed by atoms with van der Waals surface area (Å²) in [5, 5.41) is 3.03. The molecule has 0 radical (unpaired) electrons. The summed E-state index contributed by atoms with van der Waals surface area (Å²) < 4.78 is 24.6. The minimum absolute atomic E-state index is 0.184. The summed E-state index contributed by atoms with van der Waals surface area (Å²) in [5.41, 5.74) is 7.16. The Balaban J connectivity index is 1.74. The number of ether oxygens (including phenoxy) is 2. The molecule has 0 heterocycles. The van der Waals surface area contributed by atoms with E-state index < -0.39 is 0 Å². The number of guanidine groups is 1. The molecule has 3 N–H and O–H groups in total. The van der Waals surface area contributed by atoms with E-state index in [1.807, 2.05) is 12.1 Å². The van der Waals surface area contributed by atoms with Crippen molar-refractivity contribution in [3.8, 4) is 11.5 Å². The van der Waals surface area contributed by atoms with Gasteiger partial charge in [-0.3, -0.25) is 4.99 Å². The zero-order valence-electron chi connectivity index (χ0n) is 14.4. The van der Waals surface area contributed by atoms with E-state index in [-0.39, 0.29) is 17.2 Å². The maximum absolute atomic E-state index is 14.1. The first-order valence-corrected chi connectivity index (χ1v) is 8.12. The second-order valence-corrected chi connectivity index (χ2v) is 6.15. The van der Waals surface area contributed by atoms with Crippen LogP contribution in [0.5, 0.6) is 11.5 Å². The van der Waals surface area contributed by atoms with Gasteiger partial charge in [-0.1, -0.05) is 18.2 Å². The molecule has 132 valence electrons. The smallest absolute Gasteiger partial charge is 0.193 e. The molecule has 0 saturated heterocycles. The normalized spacial score (nSPS) is 15.6. The van der Waals surface area contributed by atoms with Crippen molar-refractivity contribution in [2.24, 2.45) is 10.7 Å². The van der Waals surface area contributed by atoms with Gasteiger partial charge in [0, 0.05) is 11.5 Å². The number of nitrogens with one attached hydrogen (secondary N) is 1. The third kappa shape index (κ3) is 3.68. The zero-order valence-corrected chi connectivity index (χ0v) is 14.4. The van der Waals surface area contributed by atoms with Crippen molar-refractivity contribution >= 4 is 11.6 Å². The first-order valence-electron chi connectivity index (χ1n) is 8.12. The molecule has 1 saturated carbocycles. The molecule has 0 atom stereocenters. The van der Waals surface area contributed by atoms with Gasteiger partial charge in [-0.15, -0.1) is 0 Å². The molecule has 25 heavy (non-hydrogen) atoms. The second kappa shape index (κ2) is 7.01. The van der Waals surface area contributed by atoms with E-state index in [0.29, 0.717) is 29.3 Å². The number of nitrogens with two attached hydrogens (primary N) is 1. The summed E-state index contributed by atoms with van der Waals surface area (Å²) in [6.45, 7) is 0.444. The van der Waals surface area contributed by atoms with Gasteiger partial charge in [-0.05, 0) is 36.6 Å². The highest BCUT2D eigenvalue weighted by Gasteiger charge is 2.45. The summed E-state index contributed by atoms with van der Waals surface area (Å²) in [4.78, 5) is 4.42. The van der Waals surface area contributed by atoms with Crippen LogP contribution in [0.4, 0.5) is 10.1 Å². The van der Waals surface area contributed by atoms with Gasteiger partial charge in [0.15, 0.2) is 5.96 Å². The molecule has 0 amide bonds. The Morgan fingerprint density at radius 2 is 1.96 bits per heavy atom. The minimum atomic E-state index is -0.240. The summed E-state index contributed by atoms with van der Waals surface area (Å²) in [6, 6.07) is 12.2. The van der Waals surface area contributed by atoms with Gasteiger partial charge in [-0.2, -0.15) is 0 Å². The predicted molar refractivity (Wildman–Crippen MR) is 97.0 cm³/mol. The highest BCUT2D eigenvalue weighted by atomic mass is 19.1. The Kier molecular flexibility index (Phi) is 4.79. The van der Waals surface area contributed by atoms with Crippen LogP contribution in [-0.4, -0.2) is 26.7 Å². The summed E-state index contributed by atoms with van der Waals surface area (Å²) in [6.07, 6.45) is 1.82. The van der Waals surface area contributed by atoms with Crippen molar-refractivity contribution in [1.82, 2.24) is 0 Å². The molecule has 5 nitrogen and oxygen atoms in total. The van der Waals surface area contributed by atoms with Crippen molar-refractivity contribution < 1.29 is 13.9 Å². The topological polar surface area (TPSA) is 68.9 Å². The molecule has 0 aliphatic heterocycles. The quantitative estimate of drug-likeness (QED) is 0.624. The third-order valence-electron chi connectivity index (χ3n) is 4.52. The number of nitrogens with zero attached hydrogens (tertiary/aromatic N) is 1. The maximum atomic E-state index is 14.1. The lowest BCUT2D eigenvalue weighted by Crippen LogP contribution is -2.25. The molecule has 0 spiro atoms. The number of aliphatic imine (C=N–C) groups is 1. The molecular weight excluding hydrogens is 321 g/mol. The Bertz CT molecular complexity index is 788. The fourth-order valence-corrected chi connectivity index (χ4v) is 2.88. The van der Waals surface area contributed by atoms with Gasteiger partial charge in [0.2, 0.25) is 0 Å². The van der Waals surface area contributed by atoms with Gasteiger partial charge in [0.1, 0.15) is 17.3 Å². The number of rotatable bonds is 6. The number of anilines is 1. The standard InChI is InChI=1S/C19H22FN3O2/c1-24-13-7-8-17(25-2)16(11-13)23-18(21)22-12-19(9-10-19)14-5-3-4-6-15(14)20/h3-8,11H,9-10,12H2,1-2H3,(H3,21,22,23). The van der Waals surface area contributed by atoms with Crippen molar-refractivity contribution in [2.45, 2.75) is 18.3 Å². The summed E-state index contributed by atoms with van der Waals surface area (Å²) >= 11 is 0. The zero-order chi connectivity index (χ0) is 17.9. The second-order valence-electron chi connectivity index (χ2n) is 6.15. The molecule has 1 aliphatic carbocycles. The van der Waals surface area contributed by atoms with Crippen LogP contribution in [-0.2, 0) is 5.41 Å². The number of methoxy groups -OCH3 is 2. The molecule has 0 aromatic heterocycles. The average Bonchev–Trinajstić information content (AvgIpc) is 3.41. The molecule has 0 unspecified atom stereocenters. The Morgan fingerprint density at radius 3 is 2.60 bits per heavy atom. The van der Waals surface area contributed by atoms with E-state index in [1.54, 1.807) is 38.5 Å². The van der Waals surface area contributed by atoms with Crippen LogP contribution in [0.25, 0.3) is 0 Å². The first-order chi connectivity index (χ1) is 12.1. The van der Waals surface area contributed by atoms with E-state index in [0.717, 1.165) is 12.8 Å². The van der Waals surface area contributed by atoms with E-state index in [4.69, 9.17) is 15.2 Å². The number of halogens is 1. The Hall–Kier alpha value is -2.76. The van der Waals surface area contributed by atoms with Crippen LogP contribution >= 0.6 is 0 Å². The molecular formula is C19H22FN3O2. The van der Waals surface area contributed by atoms with Crippen molar-refractivity contribution in [2.75, 3.05) is 26.1 Å². The molecule has 0 bridgehead atoms. The van der Waals surface area contributed by atoms with Crippen LogP contribution in [0, 0.1) is 5.82 Å². The number of hydrogen-bond acceptors (Lipinski definition) is 3. The average molecular weight is 343 g/mol. The van der Waals surface area contributed by atoms with Crippen LogP contribution in [0.2, 0.25) is 0 Å². The largest absolute Gasteiger partial charge is 0.497 e. The van der Waals surface area contributed by atoms with Gasteiger partial charge >= 0.3 is 0 Å². The molecule has 2 aromatic carbocycles. The van der Waals surface area contributed by atoms with E-state index >= 15 is 0 Å². The Labute approximate surface area is 146 Å². The highest BCUT2D eigenvalue weighted by Crippen LogP contribution is 2.49.